The molecule has 1 aromatic rings. The largest absolute Gasteiger partial charge is 0.465 e. The van der Waals surface area contributed by atoms with E-state index in [4.69, 9.17) is 4.74 Å². The highest BCUT2D eigenvalue weighted by Gasteiger charge is 2.25. The van der Waals surface area contributed by atoms with Crippen LogP contribution in [-0.2, 0) is 22.4 Å². The van der Waals surface area contributed by atoms with Gasteiger partial charge in [0.2, 0.25) is 0 Å². The van der Waals surface area contributed by atoms with Gasteiger partial charge in [-0.05, 0) is 51.7 Å². The summed E-state index contributed by atoms with van der Waals surface area (Å²) in [6.07, 6.45) is 3.33. The van der Waals surface area contributed by atoms with Gasteiger partial charge in [-0.2, -0.15) is 0 Å². The lowest BCUT2D eigenvalue weighted by Crippen LogP contribution is -2.41. The number of esters is 1. The molecule has 0 atom stereocenters. The maximum absolute atomic E-state index is 12.6. The minimum atomic E-state index is -0.348. The summed E-state index contributed by atoms with van der Waals surface area (Å²) in [6, 6.07) is 1.97. The van der Waals surface area contributed by atoms with E-state index in [1.807, 2.05) is 19.9 Å². The predicted molar refractivity (Wildman–Crippen MR) is 79.1 cm³/mol. The number of hydrogen-bond donors (Lipinski definition) is 0. The Morgan fingerprint density at radius 1 is 1.40 bits per heavy atom. The summed E-state index contributed by atoms with van der Waals surface area (Å²) in [5.74, 6) is -0.411. The second-order valence-electron chi connectivity index (χ2n) is 5.24. The van der Waals surface area contributed by atoms with Gasteiger partial charge in [0.1, 0.15) is 6.54 Å². The van der Waals surface area contributed by atoms with Crippen molar-refractivity contribution >= 4 is 23.2 Å². The smallest absolute Gasteiger partial charge is 0.325 e. The molecule has 110 valence electrons. The van der Waals surface area contributed by atoms with Gasteiger partial charge in [0.15, 0.2) is 0 Å². The number of thiophene rings is 1. The molecule has 1 heterocycles. The highest BCUT2D eigenvalue weighted by molar-refractivity contribution is 7.14. The van der Waals surface area contributed by atoms with Gasteiger partial charge in [0.25, 0.3) is 5.91 Å². The molecule has 2 rings (SSSR count). The lowest BCUT2D eigenvalue weighted by Gasteiger charge is -2.25. The summed E-state index contributed by atoms with van der Waals surface area (Å²) in [7, 11) is 0. The van der Waals surface area contributed by atoms with Crippen LogP contribution in [0.25, 0.3) is 0 Å². The fourth-order valence-electron chi connectivity index (χ4n) is 2.41. The van der Waals surface area contributed by atoms with Crippen LogP contribution in [-0.4, -0.2) is 36.0 Å². The molecule has 0 unspecified atom stereocenters. The van der Waals surface area contributed by atoms with Gasteiger partial charge in [-0.15, -0.1) is 11.3 Å². The van der Waals surface area contributed by atoms with Gasteiger partial charge in [-0.3, -0.25) is 9.59 Å². The molecule has 20 heavy (non-hydrogen) atoms. The zero-order valence-electron chi connectivity index (χ0n) is 12.3. The van der Waals surface area contributed by atoms with Crippen LogP contribution in [0.3, 0.4) is 0 Å². The Morgan fingerprint density at radius 3 is 2.75 bits per heavy atom. The van der Waals surface area contributed by atoms with Crippen LogP contribution in [0.4, 0.5) is 0 Å². The van der Waals surface area contributed by atoms with Crippen molar-refractivity contribution in [1.29, 1.82) is 0 Å². The molecule has 0 aliphatic heterocycles. The number of amides is 1. The number of carbonyl (C=O) groups is 2. The number of ether oxygens (including phenoxy) is 1. The van der Waals surface area contributed by atoms with E-state index < -0.39 is 0 Å². The van der Waals surface area contributed by atoms with Crippen LogP contribution in [0.5, 0.6) is 0 Å². The van der Waals surface area contributed by atoms with Crippen molar-refractivity contribution < 1.29 is 14.3 Å². The quantitative estimate of drug-likeness (QED) is 0.785. The van der Waals surface area contributed by atoms with Crippen LogP contribution in [0.1, 0.15) is 47.3 Å². The van der Waals surface area contributed by atoms with Crippen LogP contribution in [0, 0.1) is 0 Å². The number of aryl methyl sites for hydroxylation is 2. The van der Waals surface area contributed by atoms with E-state index in [-0.39, 0.29) is 24.5 Å². The van der Waals surface area contributed by atoms with Crippen LogP contribution >= 0.6 is 11.3 Å². The third-order valence-electron chi connectivity index (χ3n) is 3.45. The lowest BCUT2D eigenvalue weighted by atomic mass is 10.2. The molecule has 0 spiro atoms. The SMILES string of the molecule is CCOC(=O)CN(C(=O)c1cc2c(s1)CCC2)C(C)C. The Morgan fingerprint density at radius 2 is 2.15 bits per heavy atom. The number of carbonyl (C=O) groups excluding carboxylic acids is 2. The first-order valence-corrected chi connectivity index (χ1v) is 7.92. The molecule has 1 aliphatic rings. The highest BCUT2D eigenvalue weighted by Crippen LogP contribution is 2.31. The van der Waals surface area contributed by atoms with Gasteiger partial charge < -0.3 is 9.64 Å². The van der Waals surface area contributed by atoms with Crippen LogP contribution < -0.4 is 0 Å². The summed E-state index contributed by atoms with van der Waals surface area (Å²) in [5.41, 5.74) is 1.30. The number of rotatable bonds is 5. The molecule has 0 N–H and O–H groups in total. The summed E-state index contributed by atoms with van der Waals surface area (Å²) in [6.45, 7) is 5.96. The predicted octanol–water partition coefficient (Wildman–Crippen LogP) is 2.65. The van der Waals surface area contributed by atoms with Gasteiger partial charge >= 0.3 is 5.97 Å². The second-order valence-corrected chi connectivity index (χ2v) is 6.38. The summed E-state index contributed by atoms with van der Waals surface area (Å²) >= 11 is 1.57. The molecule has 0 fully saturated rings. The van der Waals surface area contributed by atoms with E-state index in [0.717, 1.165) is 17.7 Å². The fraction of sp³-hybridized carbons (Fsp3) is 0.600. The van der Waals surface area contributed by atoms with Gasteiger partial charge in [-0.25, -0.2) is 0 Å². The van der Waals surface area contributed by atoms with E-state index in [0.29, 0.717) is 6.61 Å². The minimum Gasteiger partial charge on any atom is -0.465 e. The Balaban J connectivity index is 2.11. The van der Waals surface area contributed by atoms with Crippen molar-refractivity contribution in [2.45, 2.75) is 46.1 Å². The van der Waals surface area contributed by atoms with Gasteiger partial charge in [0.05, 0.1) is 11.5 Å². The van der Waals surface area contributed by atoms with Gasteiger partial charge in [0, 0.05) is 10.9 Å². The first-order chi connectivity index (χ1) is 9.52. The molecule has 1 aliphatic carbocycles. The lowest BCUT2D eigenvalue weighted by molar-refractivity contribution is -0.144. The molecule has 5 heteroatoms. The van der Waals surface area contributed by atoms with Crippen molar-refractivity contribution in [3.05, 3.63) is 21.4 Å². The van der Waals surface area contributed by atoms with Crippen LogP contribution in [0.2, 0.25) is 0 Å². The van der Waals surface area contributed by atoms with Crippen LogP contribution in [0.15, 0.2) is 6.07 Å². The average Bonchev–Trinajstić information content (AvgIpc) is 2.95. The van der Waals surface area contributed by atoms with Gasteiger partial charge in [-0.1, -0.05) is 0 Å². The standard InChI is InChI=1S/C15H21NO3S/c1-4-19-14(17)9-16(10(2)3)15(18)13-8-11-6-5-7-12(11)20-13/h8,10H,4-7,9H2,1-3H3. The molecule has 0 saturated carbocycles. The van der Waals surface area contributed by atoms with E-state index >= 15 is 0 Å². The van der Waals surface area contributed by atoms with E-state index in [1.165, 1.54) is 16.9 Å². The maximum atomic E-state index is 12.6. The average molecular weight is 295 g/mol. The zero-order valence-corrected chi connectivity index (χ0v) is 13.1. The number of nitrogens with zero attached hydrogens (tertiary/aromatic N) is 1. The molecular weight excluding hydrogens is 274 g/mol. The fourth-order valence-corrected chi connectivity index (χ4v) is 3.62. The Hall–Kier alpha value is -1.36. The molecule has 0 saturated heterocycles. The topological polar surface area (TPSA) is 46.6 Å². The third kappa shape index (κ3) is 3.20. The van der Waals surface area contributed by atoms with E-state index in [9.17, 15) is 9.59 Å². The third-order valence-corrected chi connectivity index (χ3v) is 4.67. The molecule has 0 aromatic carbocycles. The maximum Gasteiger partial charge on any atom is 0.325 e. The second kappa shape index (κ2) is 6.39. The first-order valence-electron chi connectivity index (χ1n) is 7.11. The minimum absolute atomic E-state index is 0.0207. The normalized spacial score (nSPS) is 13.4. The van der Waals surface area contributed by atoms with Crippen molar-refractivity contribution in [3.63, 3.8) is 0 Å². The molecule has 4 nitrogen and oxygen atoms in total. The van der Waals surface area contributed by atoms with Crippen molar-refractivity contribution in [2.75, 3.05) is 13.2 Å². The zero-order chi connectivity index (χ0) is 14.7. The molecule has 1 aromatic heterocycles. The highest BCUT2D eigenvalue weighted by atomic mass is 32.1. The summed E-state index contributed by atoms with van der Waals surface area (Å²) < 4.78 is 4.94. The van der Waals surface area contributed by atoms with E-state index in [1.54, 1.807) is 23.2 Å². The molecular formula is C15H21NO3S. The molecule has 1 amide bonds. The van der Waals surface area contributed by atoms with E-state index in [2.05, 4.69) is 0 Å². The Labute approximate surface area is 123 Å². The Bertz CT molecular complexity index is 486. The monoisotopic (exact) mass is 295 g/mol. The first kappa shape index (κ1) is 15.0. The number of fused-ring (bicyclic) bond motifs is 1. The van der Waals surface area contributed by atoms with Crippen molar-refractivity contribution in [1.82, 2.24) is 4.90 Å². The molecule has 0 bridgehead atoms. The summed E-state index contributed by atoms with van der Waals surface area (Å²) in [4.78, 5) is 27.8. The number of hydrogen-bond acceptors (Lipinski definition) is 4. The summed E-state index contributed by atoms with van der Waals surface area (Å²) in [5, 5.41) is 0. The Kier molecular flexibility index (Phi) is 4.81. The van der Waals surface area contributed by atoms with Crippen molar-refractivity contribution in [2.24, 2.45) is 0 Å². The van der Waals surface area contributed by atoms with Crippen molar-refractivity contribution in [3.8, 4) is 0 Å². The molecule has 0 radical (unpaired) electrons.